The summed E-state index contributed by atoms with van der Waals surface area (Å²) >= 11 is 0. The van der Waals surface area contributed by atoms with Crippen LogP contribution in [0.4, 0.5) is 0 Å². The van der Waals surface area contributed by atoms with Crippen molar-refractivity contribution in [2.45, 2.75) is 119 Å². The molecular weight excluding hydrogens is 581 g/mol. The van der Waals surface area contributed by atoms with E-state index in [4.69, 9.17) is 9.97 Å². The number of hydrogen-bond donors (Lipinski definition) is 0. The summed E-state index contributed by atoms with van der Waals surface area (Å²) in [6.07, 6.45) is 0. The molecule has 0 N–H and O–H groups in total. The molecule has 2 aromatic heterocycles. The van der Waals surface area contributed by atoms with Gasteiger partial charge in [0.05, 0.1) is 11.0 Å². The van der Waals surface area contributed by atoms with E-state index in [1.165, 1.54) is 33.4 Å². The van der Waals surface area contributed by atoms with Crippen molar-refractivity contribution in [3.63, 3.8) is 0 Å². The molecule has 0 radical (unpaired) electrons. The molecule has 2 heteroatoms. The Morgan fingerprint density at radius 2 is 0.667 bits per heavy atom. The largest absolute Gasteiger partial charge is 0.237 e. The third-order valence-electron chi connectivity index (χ3n) is 9.42. The van der Waals surface area contributed by atoms with Gasteiger partial charge in [0.1, 0.15) is 11.4 Å². The molecular formula is C46H52N2. The van der Waals surface area contributed by atoms with Crippen LogP contribution in [0.3, 0.4) is 0 Å². The highest BCUT2D eigenvalue weighted by Gasteiger charge is 2.17. The topological polar surface area (TPSA) is 25.8 Å². The van der Waals surface area contributed by atoms with Gasteiger partial charge in [-0.2, -0.15) is 0 Å². The Bertz CT molecular complexity index is 1890. The minimum atomic E-state index is 0.379. The summed E-state index contributed by atoms with van der Waals surface area (Å²) in [5.41, 5.74) is 13.5. The van der Waals surface area contributed by atoms with E-state index in [1.807, 2.05) is 12.1 Å². The lowest BCUT2D eigenvalue weighted by molar-refractivity contribution is 0.800. The molecule has 0 unspecified atom stereocenters. The van der Waals surface area contributed by atoms with Gasteiger partial charge in [0.25, 0.3) is 0 Å². The first-order valence-electron chi connectivity index (χ1n) is 17.8. The van der Waals surface area contributed by atoms with E-state index in [9.17, 15) is 0 Å². The first-order chi connectivity index (χ1) is 22.7. The molecule has 0 amide bonds. The maximum Gasteiger partial charge on any atom is 0.114 e. The van der Waals surface area contributed by atoms with E-state index in [-0.39, 0.29) is 0 Å². The smallest absolute Gasteiger partial charge is 0.114 e. The molecule has 0 bridgehead atoms. The Morgan fingerprint density at radius 1 is 0.375 bits per heavy atom. The van der Waals surface area contributed by atoms with Crippen molar-refractivity contribution in [3.05, 3.63) is 117 Å². The average Bonchev–Trinajstić information content (AvgIpc) is 3.04. The second-order valence-electron chi connectivity index (χ2n) is 15.2. The summed E-state index contributed by atoms with van der Waals surface area (Å²) in [6.45, 7) is 27.1. The van der Waals surface area contributed by atoms with Gasteiger partial charge in [-0.25, -0.2) is 9.97 Å². The van der Waals surface area contributed by atoms with Crippen LogP contribution in [0.1, 0.15) is 174 Å². The number of rotatable bonds is 6. The van der Waals surface area contributed by atoms with Gasteiger partial charge in [-0.1, -0.05) is 131 Å². The molecule has 0 saturated heterocycles. The van der Waals surface area contributed by atoms with Crippen molar-refractivity contribution >= 4 is 21.8 Å². The van der Waals surface area contributed by atoms with Gasteiger partial charge in [0, 0.05) is 21.9 Å². The third kappa shape index (κ3) is 7.35. The van der Waals surface area contributed by atoms with Gasteiger partial charge in [-0.05, 0) is 105 Å². The van der Waals surface area contributed by atoms with Crippen molar-refractivity contribution in [2.75, 3.05) is 0 Å². The van der Waals surface area contributed by atoms with Crippen molar-refractivity contribution < 1.29 is 0 Å². The Kier molecular flexibility index (Phi) is 10.5. The van der Waals surface area contributed by atoms with Crippen LogP contribution in [0.2, 0.25) is 0 Å². The van der Waals surface area contributed by atoms with E-state index in [0.29, 0.717) is 35.5 Å². The fraction of sp³-hybridized carbons (Fsp3) is 0.391. The highest BCUT2D eigenvalue weighted by atomic mass is 14.8. The number of fused-ring (bicyclic) bond motifs is 3. The van der Waals surface area contributed by atoms with Gasteiger partial charge in [0.2, 0.25) is 0 Å². The molecule has 0 aliphatic carbocycles. The number of hydrogen-bond acceptors (Lipinski definition) is 2. The van der Waals surface area contributed by atoms with Crippen molar-refractivity contribution in [1.29, 1.82) is 0 Å². The highest BCUT2D eigenvalue weighted by Crippen LogP contribution is 2.33. The van der Waals surface area contributed by atoms with Gasteiger partial charge in [-0.15, -0.1) is 0 Å². The molecule has 0 aliphatic rings. The van der Waals surface area contributed by atoms with Crippen LogP contribution < -0.4 is 0 Å². The second-order valence-corrected chi connectivity index (χ2v) is 15.2. The molecule has 0 saturated carbocycles. The average molecular weight is 633 g/mol. The lowest BCUT2D eigenvalue weighted by Gasteiger charge is -2.20. The van der Waals surface area contributed by atoms with E-state index < -0.39 is 0 Å². The summed E-state index contributed by atoms with van der Waals surface area (Å²) in [5.74, 6) is 16.5. The van der Waals surface area contributed by atoms with Gasteiger partial charge in [0.15, 0.2) is 0 Å². The van der Waals surface area contributed by atoms with Crippen molar-refractivity contribution in [2.24, 2.45) is 0 Å². The van der Waals surface area contributed by atoms with E-state index >= 15 is 0 Å². The summed E-state index contributed by atoms with van der Waals surface area (Å²) < 4.78 is 0. The van der Waals surface area contributed by atoms with E-state index in [1.54, 1.807) is 0 Å². The minimum absolute atomic E-state index is 0.379. The maximum absolute atomic E-state index is 5.09. The Morgan fingerprint density at radius 3 is 0.938 bits per heavy atom. The summed E-state index contributed by atoms with van der Waals surface area (Å²) in [6, 6.07) is 21.9. The minimum Gasteiger partial charge on any atom is -0.237 e. The number of nitrogens with zero attached hydrogens (tertiary/aromatic N) is 2. The number of pyridine rings is 2. The SMILES string of the molecule is CC(C)c1cc(C(C)C)c(C#Cc2ccc3ccc4ccc(C#Cc5c(C(C)C)cc(C(C)C)cc5C(C)C)nc4c3n2)c(C(C)C)c1. The lowest BCUT2D eigenvalue weighted by Crippen LogP contribution is -2.04. The normalized spacial score (nSPS) is 11.7. The quantitative estimate of drug-likeness (QED) is 0.137. The summed E-state index contributed by atoms with van der Waals surface area (Å²) in [4.78, 5) is 10.2. The van der Waals surface area contributed by atoms with Crippen LogP contribution in [-0.2, 0) is 0 Å². The van der Waals surface area contributed by atoms with Gasteiger partial charge >= 0.3 is 0 Å². The zero-order chi connectivity index (χ0) is 34.9. The molecule has 0 spiro atoms. The molecule has 48 heavy (non-hydrogen) atoms. The Hall–Kier alpha value is -4.40. The zero-order valence-corrected chi connectivity index (χ0v) is 31.1. The second kappa shape index (κ2) is 14.4. The first-order valence-corrected chi connectivity index (χ1v) is 17.8. The molecule has 246 valence electrons. The van der Waals surface area contributed by atoms with E-state index in [2.05, 4.69) is 155 Å². The molecule has 2 heterocycles. The van der Waals surface area contributed by atoms with Crippen LogP contribution in [0.5, 0.6) is 0 Å². The summed E-state index contributed by atoms with van der Waals surface area (Å²) in [7, 11) is 0. The van der Waals surface area contributed by atoms with Crippen LogP contribution in [0.15, 0.2) is 60.7 Å². The Labute approximate surface area is 289 Å². The molecule has 5 aromatic rings. The highest BCUT2D eigenvalue weighted by molar-refractivity contribution is 6.03. The van der Waals surface area contributed by atoms with Crippen molar-refractivity contribution in [3.8, 4) is 23.7 Å². The predicted molar refractivity (Wildman–Crippen MR) is 206 cm³/mol. The molecule has 2 nitrogen and oxygen atoms in total. The molecule has 0 fully saturated rings. The van der Waals surface area contributed by atoms with Crippen LogP contribution in [-0.4, -0.2) is 9.97 Å². The molecule has 5 rings (SSSR count). The third-order valence-corrected chi connectivity index (χ3v) is 9.42. The van der Waals surface area contributed by atoms with Crippen LogP contribution in [0.25, 0.3) is 21.8 Å². The molecule has 0 aliphatic heterocycles. The van der Waals surface area contributed by atoms with Crippen molar-refractivity contribution in [1.82, 2.24) is 9.97 Å². The zero-order valence-electron chi connectivity index (χ0n) is 31.1. The maximum atomic E-state index is 5.09. The van der Waals surface area contributed by atoms with E-state index in [0.717, 1.165) is 44.3 Å². The lowest BCUT2D eigenvalue weighted by atomic mass is 9.84. The van der Waals surface area contributed by atoms with Gasteiger partial charge < -0.3 is 0 Å². The fourth-order valence-electron chi connectivity index (χ4n) is 6.36. The molecule has 3 aromatic carbocycles. The standard InChI is InChI=1S/C46H52N2/c1-27(2)35-23-41(29(5)6)39(42(24-35)30(7)8)21-19-37-17-15-33-13-14-34-16-18-38(48-46(34)45(33)47-37)20-22-40-43(31(9)10)25-36(28(3)4)26-44(40)32(11)12/h13-18,23-32H,1-12H3. The van der Waals surface area contributed by atoms with Crippen LogP contribution in [0, 0.1) is 23.7 Å². The number of benzene rings is 3. The summed E-state index contributed by atoms with van der Waals surface area (Å²) in [5, 5.41) is 2.09. The monoisotopic (exact) mass is 632 g/mol. The fourth-order valence-corrected chi connectivity index (χ4v) is 6.36. The number of aromatic nitrogens is 2. The van der Waals surface area contributed by atoms with Gasteiger partial charge in [-0.3, -0.25) is 0 Å². The predicted octanol–water partition coefficient (Wildman–Crippen LogP) is 12.3. The molecule has 0 atom stereocenters. The first kappa shape index (κ1) is 34.9. The Balaban J connectivity index is 1.62. The van der Waals surface area contributed by atoms with Crippen LogP contribution >= 0.6 is 0 Å².